The van der Waals surface area contributed by atoms with E-state index in [4.69, 9.17) is 23.2 Å². The number of guanidine groups is 1. The first-order valence-corrected chi connectivity index (χ1v) is 10.7. The molecule has 3 heterocycles. The first-order valence-electron chi connectivity index (χ1n) is 9.97. The smallest absolute Gasteiger partial charge is 0.270 e. The molecule has 4 rings (SSSR count). The Bertz CT molecular complexity index is 1240. The zero-order valence-corrected chi connectivity index (χ0v) is 18.6. The summed E-state index contributed by atoms with van der Waals surface area (Å²) in [6, 6.07) is 10.5. The molecule has 0 unspecified atom stereocenters. The van der Waals surface area contributed by atoms with E-state index >= 15 is 0 Å². The van der Waals surface area contributed by atoms with Crippen molar-refractivity contribution in [2.75, 3.05) is 13.1 Å². The number of benzene rings is 1. The number of carbonyl (C=O) groups is 1. The Morgan fingerprint density at radius 1 is 1.00 bits per heavy atom. The normalized spacial score (nSPS) is 12.8. The third kappa shape index (κ3) is 5.74. The Labute approximate surface area is 198 Å². The molecule has 0 saturated carbocycles. The van der Waals surface area contributed by atoms with E-state index in [1.807, 2.05) is 0 Å². The quantitative estimate of drug-likeness (QED) is 0.458. The van der Waals surface area contributed by atoms with Crippen LogP contribution in [0.4, 0.5) is 8.78 Å². The van der Waals surface area contributed by atoms with Crippen LogP contribution < -0.4 is 16.0 Å². The molecule has 0 fully saturated rings. The summed E-state index contributed by atoms with van der Waals surface area (Å²) >= 11 is 11.9. The van der Waals surface area contributed by atoms with Crippen molar-refractivity contribution in [1.82, 2.24) is 25.9 Å². The molecule has 33 heavy (non-hydrogen) atoms. The highest BCUT2D eigenvalue weighted by molar-refractivity contribution is 6.42. The molecule has 1 aromatic carbocycles. The van der Waals surface area contributed by atoms with Gasteiger partial charge in [0.2, 0.25) is 11.9 Å². The van der Waals surface area contributed by atoms with Gasteiger partial charge in [-0.3, -0.25) is 9.79 Å². The summed E-state index contributed by atoms with van der Waals surface area (Å²) < 4.78 is 27.6. The predicted octanol–water partition coefficient (Wildman–Crippen LogP) is 3.71. The van der Waals surface area contributed by atoms with Crippen molar-refractivity contribution in [1.29, 1.82) is 0 Å². The lowest BCUT2D eigenvalue weighted by Gasteiger charge is -2.12. The first kappa shape index (κ1) is 22.9. The molecular weight excluding hydrogens is 473 g/mol. The van der Waals surface area contributed by atoms with Crippen molar-refractivity contribution in [2.24, 2.45) is 4.99 Å². The maximum atomic E-state index is 14.3. The van der Waals surface area contributed by atoms with Gasteiger partial charge in [-0.1, -0.05) is 29.3 Å². The summed E-state index contributed by atoms with van der Waals surface area (Å²) in [6.45, 7) is 1.89. The van der Waals surface area contributed by atoms with E-state index in [0.717, 1.165) is 18.2 Å². The van der Waals surface area contributed by atoms with Gasteiger partial charge in [0.1, 0.15) is 5.69 Å². The zero-order valence-electron chi connectivity index (χ0n) is 17.1. The lowest BCUT2D eigenvalue weighted by atomic mass is 10.1. The number of carbonyl (C=O) groups excluding carboxylic acids is 1. The van der Waals surface area contributed by atoms with Crippen LogP contribution in [0.3, 0.4) is 0 Å². The average molecular weight is 491 g/mol. The monoisotopic (exact) mass is 490 g/mol. The largest absolute Gasteiger partial charge is 0.355 e. The van der Waals surface area contributed by atoms with Gasteiger partial charge < -0.3 is 16.0 Å². The number of nitrogens with zero attached hydrogens (tertiary/aromatic N) is 3. The molecule has 3 N–H and O–H groups in total. The van der Waals surface area contributed by atoms with Gasteiger partial charge in [-0.05, 0) is 47.5 Å². The van der Waals surface area contributed by atoms with Gasteiger partial charge in [0.05, 0.1) is 27.8 Å². The van der Waals surface area contributed by atoms with Crippen molar-refractivity contribution in [3.63, 3.8) is 0 Å². The number of rotatable bonds is 6. The molecule has 0 saturated heterocycles. The summed E-state index contributed by atoms with van der Waals surface area (Å²) in [7, 11) is 0. The third-order valence-corrected chi connectivity index (χ3v) is 5.52. The van der Waals surface area contributed by atoms with Gasteiger partial charge in [-0.25, -0.2) is 4.98 Å². The lowest BCUT2D eigenvalue weighted by Crippen LogP contribution is -2.33. The van der Waals surface area contributed by atoms with E-state index in [0.29, 0.717) is 34.7 Å². The second-order valence-electron chi connectivity index (χ2n) is 7.16. The molecule has 170 valence electrons. The molecular formula is C22H18Cl2F2N6O. The fourth-order valence-corrected chi connectivity index (χ4v) is 3.49. The van der Waals surface area contributed by atoms with Crippen molar-refractivity contribution < 1.29 is 13.6 Å². The Morgan fingerprint density at radius 2 is 1.85 bits per heavy atom. The molecule has 11 heteroatoms. The number of halogens is 4. The van der Waals surface area contributed by atoms with Gasteiger partial charge in [0.25, 0.3) is 5.91 Å². The fraction of sp³-hybridized carbons (Fsp3) is 0.182. The van der Waals surface area contributed by atoms with Crippen LogP contribution in [-0.2, 0) is 13.1 Å². The van der Waals surface area contributed by atoms with E-state index in [9.17, 15) is 13.6 Å². The summed E-state index contributed by atoms with van der Waals surface area (Å²) in [5.41, 5.74) is 1.59. The Morgan fingerprint density at radius 3 is 2.58 bits per heavy atom. The van der Waals surface area contributed by atoms with Crippen LogP contribution in [-0.4, -0.2) is 34.9 Å². The van der Waals surface area contributed by atoms with E-state index in [1.54, 1.807) is 30.3 Å². The van der Waals surface area contributed by atoms with Gasteiger partial charge in [-0.15, -0.1) is 0 Å². The summed E-state index contributed by atoms with van der Waals surface area (Å²) in [5, 5.41) is 9.75. The van der Waals surface area contributed by atoms with Crippen LogP contribution in [0.5, 0.6) is 0 Å². The number of pyridine rings is 2. The summed E-state index contributed by atoms with van der Waals surface area (Å²) in [5.74, 6) is -1.81. The number of aromatic nitrogens is 2. The predicted molar refractivity (Wildman–Crippen MR) is 122 cm³/mol. The zero-order chi connectivity index (χ0) is 23.4. The second kappa shape index (κ2) is 10.1. The summed E-state index contributed by atoms with van der Waals surface area (Å²) in [4.78, 5) is 24.6. The molecule has 3 aromatic rings. The van der Waals surface area contributed by atoms with Crippen LogP contribution in [0.2, 0.25) is 10.0 Å². The lowest BCUT2D eigenvalue weighted by molar-refractivity contribution is 0.0946. The molecule has 0 radical (unpaired) electrons. The minimum Gasteiger partial charge on any atom is -0.355 e. The van der Waals surface area contributed by atoms with Crippen LogP contribution in [0, 0.1) is 11.9 Å². The van der Waals surface area contributed by atoms with E-state index in [-0.39, 0.29) is 23.5 Å². The standard InChI is InChI=1S/C22H18Cl2F2N6O/c23-15-3-1-12(7-16(15)24)10-29-21(33)18-9-13(11-30-22-27-5-6-28-22)8-17(31-18)14-2-4-19(25)32-20(14)26/h1-4,7-9H,5-6,10-11H2,(H,29,33)(H2,27,28,30). The fourth-order valence-electron chi connectivity index (χ4n) is 3.17. The molecule has 1 aliphatic heterocycles. The van der Waals surface area contributed by atoms with Gasteiger partial charge in [0.15, 0.2) is 5.96 Å². The van der Waals surface area contributed by atoms with Crippen molar-refractivity contribution in [3.05, 3.63) is 81.2 Å². The number of nitrogens with one attached hydrogen (secondary N) is 3. The minimum absolute atomic E-state index is 0.0203. The number of hydrogen-bond acceptors (Lipinski definition) is 6. The average Bonchev–Trinajstić information content (AvgIpc) is 3.32. The number of hydrogen-bond donors (Lipinski definition) is 3. The van der Waals surface area contributed by atoms with E-state index in [1.165, 1.54) is 6.07 Å². The highest BCUT2D eigenvalue weighted by Crippen LogP contribution is 2.24. The molecule has 7 nitrogen and oxygen atoms in total. The van der Waals surface area contributed by atoms with Gasteiger partial charge in [0, 0.05) is 19.6 Å². The molecule has 0 spiro atoms. The highest BCUT2D eigenvalue weighted by Gasteiger charge is 2.16. The van der Waals surface area contributed by atoms with Crippen LogP contribution in [0.1, 0.15) is 21.6 Å². The topological polar surface area (TPSA) is 91.3 Å². The van der Waals surface area contributed by atoms with Crippen molar-refractivity contribution in [2.45, 2.75) is 13.1 Å². The summed E-state index contributed by atoms with van der Waals surface area (Å²) in [6.07, 6.45) is 0. The Hall–Kier alpha value is -3.30. The highest BCUT2D eigenvalue weighted by atomic mass is 35.5. The van der Waals surface area contributed by atoms with Gasteiger partial charge >= 0.3 is 0 Å². The molecule has 1 amide bonds. The van der Waals surface area contributed by atoms with Crippen LogP contribution in [0.25, 0.3) is 11.3 Å². The molecule has 2 aromatic heterocycles. The molecule has 0 atom stereocenters. The first-order chi connectivity index (χ1) is 15.9. The Balaban J connectivity index is 1.59. The Kier molecular flexibility index (Phi) is 7.00. The van der Waals surface area contributed by atoms with Gasteiger partial charge in [-0.2, -0.15) is 13.8 Å². The minimum atomic E-state index is -1.02. The SMILES string of the molecule is O=C(NCc1ccc(Cl)c(Cl)c1)c1cc(CNC2=NCCN2)cc(-c2ccc(F)nc2F)n1. The molecule has 0 aliphatic carbocycles. The van der Waals surface area contributed by atoms with E-state index < -0.39 is 17.8 Å². The number of aliphatic imine (C=N–C) groups is 1. The van der Waals surface area contributed by atoms with E-state index in [2.05, 4.69) is 30.9 Å². The second-order valence-corrected chi connectivity index (χ2v) is 7.97. The van der Waals surface area contributed by atoms with Crippen LogP contribution in [0.15, 0.2) is 47.5 Å². The third-order valence-electron chi connectivity index (χ3n) is 4.78. The maximum absolute atomic E-state index is 14.3. The maximum Gasteiger partial charge on any atom is 0.270 e. The van der Waals surface area contributed by atoms with Crippen molar-refractivity contribution in [3.8, 4) is 11.3 Å². The molecule has 0 bridgehead atoms. The van der Waals surface area contributed by atoms with Crippen LogP contribution >= 0.6 is 23.2 Å². The molecule has 1 aliphatic rings. The number of amides is 1. The van der Waals surface area contributed by atoms with Crippen molar-refractivity contribution >= 4 is 35.1 Å².